The lowest BCUT2D eigenvalue weighted by atomic mass is 10.1. The Bertz CT molecular complexity index is 1530. The predicted octanol–water partition coefficient (Wildman–Crippen LogP) is 5.72. The van der Waals surface area contributed by atoms with Crippen molar-refractivity contribution in [2.45, 2.75) is 39.1 Å². The summed E-state index contributed by atoms with van der Waals surface area (Å²) < 4.78 is 28.8. The SMILES string of the molecule is CCN(CC)CCN(C(=O)c1ccc(S(=O)(=O)N(C)Cc2ccccc2)cc1)c1nc2cc(C)cc(C)c2s1. The van der Waals surface area contributed by atoms with Crippen molar-refractivity contribution in [2.75, 3.05) is 38.1 Å². The molecule has 4 aromatic rings. The van der Waals surface area contributed by atoms with Gasteiger partial charge in [0.15, 0.2) is 5.13 Å². The molecule has 0 N–H and O–H groups in total. The number of aromatic nitrogens is 1. The van der Waals surface area contributed by atoms with Crippen LogP contribution in [-0.4, -0.2) is 61.7 Å². The number of fused-ring (bicyclic) bond motifs is 1. The van der Waals surface area contributed by atoms with E-state index in [-0.39, 0.29) is 17.3 Å². The molecule has 3 aromatic carbocycles. The molecule has 206 valence electrons. The first-order valence-electron chi connectivity index (χ1n) is 13.2. The van der Waals surface area contributed by atoms with E-state index in [1.54, 1.807) is 24.1 Å². The average Bonchev–Trinajstić information content (AvgIpc) is 3.35. The molecule has 0 unspecified atom stereocenters. The van der Waals surface area contributed by atoms with E-state index in [0.29, 0.717) is 23.8 Å². The zero-order valence-corrected chi connectivity index (χ0v) is 24.8. The third-order valence-corrected chi connectivity index (χ3v) is 9.92. The van der Waals surface area contributed by atoms with Crippen molar-refractivity contribution < 1.29 is 13.2 Å². The van der Waals surface area contributed by atoms with Gasteiger partial charge in [-0.3, -0.25) is 9.69 Å². The minimum absolute atomic E-state index is 0.151. The normalized spacial score (nSPS) is 12.0. The van der Waals surface area contributed by atoms with E-state index in [9.17, 15) is 13.2 Å². The molecule has 0 spiro atoms. The molecule has 0 saturated heterocycles. The molecule has 0 fully saturated rings. The second kappa shape index (κ2) is 12.4. The first kappa shape index (κ1) is 28.9. The van der Waals surface area contributed by atoms with E-state index in [4.69, 9.17) is 4.98 Å². The maximum absolute atomic E-state index is 13.8. The smallest absolute Gasteiger partial charge is 0.260 e. The number of hydrogen-bond acceptors (Lipinski definition) is 6. The quantitative estimate of drug-likeness (QED) is 0.233. The summed E-state index contributed by atoms with van der Waals surface area (Å²) in [6.07, 6.45) is 0. The number of nitrogens with zero attached hydrogens (tertiary/aromatic N) is 4. The lowest BCUT2D eigenvalue weighted by Crippen LogP contribution is -2.38. The Balaban J connectivity index is 1.61. The Labute approximate surface area is 235 Å². The molecule has 0 radical (unpaired) electrons. The largest absolute Gasteiger partial charge is 0.302 e. The van der Waals surface area contributed by atoms with E-state index in [1.807, 2.05) is 43.3 Å². The summed E-state index contributed by atoms with van der Waals surface area (Å²) >= 11 is 1.52. The first-order chi connectivity index (χ1) is 18.6. The van der Waals surface area contributed by atoms with Crippen LogP contribution >= 0.6 is 11.3 Å². The van der Waals surface area contributed by atoms with Gasteiger partial charge in [-0.05, 0) is 74.0 Å². The number of anilines is 1. The number of sulfonamides is 1. The lowest BCUT2D eigenvalue weighted by Gasteiger charge is -2.25. The molecule has 0 aliphatic rings. The summed E-state index contributed by atoms with van der Waals surface area (Å²) in [5.74, 6) is -0.197. The summed E-state index contributed by atoms with van der Waals surface area (Å²) in [5.41, 5.74) is 4.48. The van der Waals surface area contributed by atoms with Crippen LogP contribution in [0.3, 0.4) is 0 Å². The maximum Gasteiger partial charge on any atom is 0.260 e. The van der Waals surface area contributed by atoms with Crippen LogP contribution < -0.4 is 4.90 Å². The fraction of sp³-hybridized carbons (Fsp3) is 0.333. The molecule has 39 heavy (non-hydrogen) atoms. The second-order valence-electron chi connectivity index (χ2n) is 9.68. The minimum Gasteiger partial charge on any atom is -0.302 e. The zero-order valence-electron chi connectivity index (χ0n) is 23.2. The van der Waals surface area contributed by atoms with Crippen LogP contribution in [0.25, 0.3) is 10.2 Å². The number of likely N-dealkylation sites (N-methyl/N-ethyl adjacent to an activating group) is 1. The fourth-order valence-electron chi connectivity index (χ4n) is 4.58. The first-order valence-corrected chi connectivity index (χ1v) is 15.4. The number of carbonyl (C=O) groups excluding carboxylic acids is 1. The molecule has 4 rings (SSSR count). The van der Waals surface area contributed by atoms with Gasteiger partial charge in [0.25, 0.3) is 5.91 Å². The summed E-state index contributed by atoms with van der Waals surface area (Å²) in [4.78, 5) is 22.8. The molecule has 0 aliphatic heterocycles. The molecule has 1 aromatic heterocycles. The van der Waals surface area contributed by atoms with Crippen molar-refractivity contribution >= 4 is 42.6 Å². The molecule has 9 heteroatoms. The highest BCUT2D eigenvalue weighted by Crippen LogP contribution is 2.33. The number of rotatable bonds is 11. The van der Waals surface area contributed by atoms with Crippen molar-refractivity contribution in [3.8, 4) is 0 Å². The third-order valence-electron chi connectivity index (χ3n) is 6.88. The highest BCUT2D eigenvalue weighted by molar-refractivity contribution is 7.89. The van der Waals surface area contributed by atoms with Crippen LogP contribution in [0.2, 0.25) is 0 Å². The molecule has 1 amide bonds. The van der Waals surface area contributed by atoms with Gasteiger partial charge in [0.2, 0.25) is 10.0 Å². The number of benzene rings is 3. The summed E-state index contributed by atoms with van der Waals surface area (Å²) in [6, 6.07) is 19.8. The maximum atomic E-state index is 13.8. The van der Waals surface area contributed by atoms with Crippen LogP contribution in [0.1, 0.15) is 40.9 Å². The van der Waals surface area contributed by atoms with Crippen molar-refractivity contribution in [2.24, 2.45) is 0 Å². The number of amides is 1. The van der Waals surface area contributed by atoms with Gasteiger partial charge in [0.05, 0.1) is 15.1 Å². The van der Waals surface area contributed by atoms with E-state index in [2.05, 4.69) is 31.7 Å². The minimum atomic E-state index is -3.72. The Kier molecular flexibility index (Phi) is 9.17. The third kappa shape index (κ3) is 6.55. The van der Waals surface area contributed by atoms with Crippen LogP contribution in [0.15, 0.2) is 71.6 Å². The molecular formula is C30H36N4O3S2. The molecular weight excluding hydrogens is 528 g/mol. The van der Waals surface area contributed by atoms with Gasteiger partial charge in [0, 0.05) is 32.2 Å². The van der Waals surface area contributed by atoms with E-state index in [1.165, 1.54) is 27.8 Å². The van der Waals surface area contributed by atoms with Gasteiger partial charge >= 0.3 is 0 Å². The molecule has 0 bridgehead atoms. The van der Waals surface area contributed by atoms with Crippen molar-refractivity contribution in [3.63, 3.8) is 0 Å². The van der Waals surface area contributed by atoms with Crippen LogP contribution in [0, 0.1) is 13.8 Å². The van der Waals surface area contributed by atoms with Crippen molar-refractivity contribution in [3.05, 3.63) is 89.0 Å². The molecule has 0 aliphatic carbocycles. The number of carbonyl (C=O) groups is 1. The zero-order chi connectivity index (χ0) is 28.2. The van der Waals surface area contributed by atoms with Crippen molar-refractivity contribution in [1.82, 2.24) is 14.2 Å². The Morgan fingerprint density at radius 3 is 2.23 bits per heavy atom. The van der Waals surface area contributed by atoms with Crippen LogP contribution in [0.5, 0.6) is 0 Å². The average molecular weight is 565 g/mol. The summed E-state index contributed by atoms with van der Waals surface area (Å²) in [6.45, 7) is 11.6. The molecule has 1 heterocycles. The molecule has 0 atom stereocenters. The van der Waals surface area contributed by atoms with Gasteiger partial charge in [0.1, 0.15) is 0 Å². The van der Waals surface area contributed by atoms with E-state index < -0.39 is 10.0 Å². The highest BCUT2D eigenvalue weighted by Gasteiger charge is 2.25. The van der Waals surface area contributed by atoms with Crippen LogP contribution in [0.4, 0.5) is 5.13 Å². The highest BCUT2D eigenvalue weighted by atomic mass is 32.2. The topological polar surface area (TPSA) is 73.8 Å². The van der Waals surface area contributed by atoms with E-state index >= 15 is 0 Å². The monoisotopic (exact) mass is 564 g/mol. The van der Waals surface area contributed by atoms with Gasteiger partial charge in [-0.15, -0.1) is 0 Å². The Hall–Kier alpha value is -3.11. The van der Waals surface area contributed by atoms with Gasteiger partial charge in [-0.25, -0.2) is 13.4 Å². The van der Waals surface area contributed by atoms with E-state index in [0.717, 1.165) is 40.0 Å². The summed E-state index contributed by atoms with van der Waals surface area (Å²) in [5, 5.41) is 0.648. The van der Waals surface area contributed by atoms with Crippen molar-refractivity contribution in [1.29, 1.82) is 0 Å². The number of hydrogen-bond donors (Lipinski definition) is 0. The second-order valence-corrected chi connectivity index (χ2v) is 12.7. The van der Waals surface area contributed by atoms with Gasteiger partial charge in [-0.2, -0.15) is 4.31 Å². The molecule has 7 nitrogen and oxygen atoms in total. The fourth-order valence-corrected chi connectivity index (χ4v) is 6.78. The predicted molar refractivity (Wildman–Crippen MR) is 160 cm³/mol. The lowest BCUT2D eigenvalue weighted by molar-refractivity contribution is 0.0983. The standard InChI is InChI=1S/C30H36N4O3S2/c1-6-33(7-2)17-18-34(30-31-27-20-22(3)19-23(4)28(27)38-30)29(35)25-13-15-26(16-14-25)39(36,37)32(5)21-24-11-9-8-10-12-24/h8-16,19-20H,6-7,17-18,21H2,1-5H3. The Morgan fingerprint density at radius 2 is 1.59 bits per heavy atom. The molecule has 0 saturated carbocycles. The Morgan fingerprint density at radius 1 is 0.923 bits per heavy atom. The number of aryl methyl sites for hydroxylation is 2. The van der Waals surface area contributed by atoms with Gasteiger partial charge in [-0.1, -0.05) is 61.6 Å². The number of thiazole rings is 1. The van der Waals surface area contributed by atoms with Gasteiger partial charge < -0.3 is 4.90 Å². The summed E-state index contributed by atoms with van der Waals surface area (Å²) in [7, 11) is -2.15. The van der Waals surface area contributed by atoms with Crippen LogP contribution in [-0.2, 0) is 16.6 Å².